The third kappa shape index (κ3) is 3.64. The number of hydrogen-bond donors (Lipinski definition) is 1. The zero-order valence-electron chi connectivity index (χ0n) is 10.5. The fourth-order valence-electron chi connectivity index (χ4n) is 1.60. The van der Waals surface area contributed by atoms with E-state index in [0.29, 0.717) is 23.7 Å². The third-order valence-corrected chi connectivity index (χ3v) is 2.84. The summed E-state index contributed by atoms with van der Waals surface area (Å²) in [4.78, 5) is 13.5. The number of hydrogen-bond acceptors (Lipinski definition) is 3. The Labute approximate surface area is 112 Å². The molecule has 1 rings (SSSR count). The van der Waals surface area contributed by atoms with Crippen LogP contribution in [0.4, 0.5) is 5.69 Å². The Balaban J connectivity index is 2.86. The molecule has 0 atom stereocenters. The largest absolute Gasteiger partial charge is 0.362 e. The number of nitriles is 1. The summed E-state index contributed by atoms with van der Waals surface area (Å²) in [7, 11) is 0. The van der Waals surface area contributed by atoms with Gasteiger partial charge in [0.1, 0.15) is 6.07 Å². The van der Waals surface area contributed by atoms with E-state index in [1.165, 1.54) is 0 Å². The van der Waals surface area contributed by atoms with E-state index in [1.807, 2.05) is 24.8 Å². The first kappa shape index (κ1) is 14.3. The monoisotopic (exact) mass is 265 g/mol. The molecule has 0 aromatic heterocycles. The first-order chi connectivity index (χ1) is 8.62. The third-order valence-electron chi connectivity index (χ3n) is 2.53. The van der Waals surface area contributed by atoms with Crippen molar-refractivity contribution in [2.24, 2.45) is 0 Å². The van der Waals surface area contributed by atoms with Crippen molar-refractivity contribution in [2.75, 3.05) is 24.5 Å². The molecule has 4 nitrogen and oxygen atoms in total. The minimum Gasteiger partial charge on any atom is -0.362 e. The molecule has 0 saturated carbocycles. The maximum absolute atomic E-state index is 11.6. The van der Waals surface area contributed by atoms with Crippen LogP contribution in [-0.2, 0) is 4.79 Å². The van der Waals surface area contributed by atoms with Crippen molar-refractivity contribution in [3.05, 3.63) is 28.8 Å². The molecule has 0 unspecified atom stereocenters. The number of anilines is 1. The van der Waals surface area contributed by atoms with E-state index in [1.54, 1.807) is 18.2 Å². The Hall–Kier alpha value is -1.73. The van der Waals surface area contributed by atoms with Gasteiger partial charge in [0.05, 0.1) is 17.1 Å². The highest BCUT2D eigenvalue weighted by molar-refractivity contribution is 6.32. The summed E-state index contributed by atoms with van der Waals surface area (Å²) in [6, 6.07) is 7.19. The van der Waals surface area contributed by atoms with Crippen LogP contribution >= 0.6 is 11.6 Å². The number of nitrogens with one attached hydrogen (secondary N) is 1. The highest BCUT2D eigenvalue weighted by atomic mass is 35.5. The predicted molar refractivity (Wildman–Crippen MR) is 72.7 cm³/mol. The quantitative estimate of drug-likeness (QED) is 0.888. The number of rotatable bonds is 5. The second kappa shape index (κ2) is 6.87. The Morgan fingerprint density at radius 2 is 2.22 bits per heavy atom. The number of amides is 1. The summed E-state index contributed by atoms with van der Waals surface area (Å²) >= 11 is 5.98. The van der Waals surface area contributed by atoms with Gasteiger partial charge in [0, 0.05) is 18.8 Å². The average molecular weight is 266 g/mol. The van der Waals surface area contributed by atoms with Crippen LogP contribution in [0.3, 0.4) is 0 Å². The molecule has 0 fully saturated rings. The van der Waals surface area contributed by atoms with Crippen molar-refractivity contribution >= 4 is 23.2 Å². The molecule has 0 aliphatic rings. The van der Waals surface area contributed by atoms with Crippen LogP contribution in [0.5, 0.6) is 0 Å². The summed E-state index contributed by atoms with van der Waals surface area (Å²) in [5.41, 5.74) is 1.28. The molecule has 1 aromatic carbocycles. The summed E-state index contributed by atoms with van der Waals surface area (Å²) in [6.45, 7) is 5.44. The van der Waals surface area contributed by atoms with Gasteiger partial charge in [0.25, 0.3) is 0 Å². The molecule has 0 spiro atoms. The Kier molecular flexibility index (Phi) is 5.47. The molecule has 5 heteroatoms. The second-order valence-corrected chi connectivity index (χ2v) is 4.15. The lowest BCUT2D eigenvalue weighted by Crippen LogP contribution is -2.37. The Bertz CT molecular complexity index is 468. The molecule has 0 bridgehead atoms. The molecule has 1 aromatic rings. The van der Waals surface area contributed by atoms with Gasteiger partial charge in [-0.05, 0) is 32.0 Å². The fraction of sp³-hybridized carbons (Fsp3) is 0.385. The number of carbonyl (C=O) groups excluding carboxylic acids is 1. The van der Waals surface area contributed by atoms with E-state index in [-0.39, 0.29) is 12.5 Å². The minimum atomic E-state index is -0.0279. The van der Waals surface area contributed by atoms with Gasteiger partial charge in [0.15, 0.2) is 0 Å². The molecule has 0 radical (unpaired) electrons. The molecular weight excluding hydrogens is 250 g/mol. The summed E-state index contributed by atoms with van der Waals surface area (Å²) < 4.78 is 0. The summed E-state index contributed by atoms with van der Waals surface area (Å²) in [6.07, 6.45) is 0. The fourth-order valence-corrected chi connectivity index (χ4v) is 1.82. The first-order valence-electron chi connectivity index (χ1n) is 5.83. The molecule has 0 saturated heterocycles. The van der Waals surface area contributed by atoms with Gasteiger partial charge in [-0.25, -0.2) is 0 Å². The van der Waals surface area contributed by atoms with E-state index < -0.39 is 0 Å². The van der Waals surface area contributed by atoms with E-state index in [2.05, 4.69) is 5.32 Å². The number of benzene rings is 1. The lowest BCUT2D eigenvalue weighted by molar-refractivity contribution is -0.119. The van der Waals surface area contributed by atoms with E-state index in [9.17, 15) is 4.79 Å². The highest BCUT2D eigenvalue weighted by Crippen LogP contribution is 2.23. The first-order valence-corrected chi connectivity index (χ1v) is 6.21. The van der Waals surface area contributed by atoms with Crippen molar-refractivity contribution in [2.45, 2.75) is 13.8 Å². The van der Waals surface area contributed by atoms with Crippen LogP contribution in [0.2, 0.25) is 5.02 Å². The van der Waals surface area contributed by atoms with E-state index in [4.69, 9.17) is 16.9 Å². The molecule has 18 heavy (non-hydrogen) atoms. The van der Waals surface area contributed by atoms with Gasteiger partial charge in [-0.2, -0.15) is 5.26 Å². The lowest BCUT2D eigenvalue weighted by atomic mass is 10.2. The van der Waals surface area contributed by atoms with Crippen LogP contribution < -0.4 is 10.2 Å². The van der Waals surface area contributed by atoms with Crippen molar-refractivity contribution in [1.29, 1.82) is 5.26 Å². The maximum atomic E-state index is 11.6. The SMILES string of the molecule is CCNC(=O)CN(CC)c1ccc(C#N)c(Cl)c1. The normalized spacial score (nSPS) is 9.67. The summed E-state index contributed by atoms with van der Waals surface area (Å²) in [5, 5.41) is 12.0. The number of likely N-dealkylation sites (N-methyl/N-ethyl adjacent to an activating group) is 2. The molecule has 96 valence electrons. The molecule has 0 aliphatic heterocycles. The van der Waals surface area contributed by atoms with E-state index >= 15 is 0 Å². The second-order valence-electron chi connectivity index (χ2n) is 3.74. The molecule has 1 N–H and O–H groups in total. The van der Waals surface area contributed by atoms with Crippen LogP contribution in [-0.4, -0.2) is 25.5 Å². The molecule has 0 heterocycles. The standard InChI is InChI=1S/C13H16ClN3O/c1-3-16-13(18)9-17(4-2)11-6-5-10(8-15)12(14)7-11/h5-7H,3-4,9H2,1-2H3,(H,16,18). The van der Waals surface area contributed by atoms with E-state index in [0.717, 1.165) is 5.69 Å². The number of carbonyl (C=O) groups is 1. The molecule has 1 amide bonds. The van der Waals surface area contributed by atoms with Gasteiger partial charge < -0.3 is 10.2 Å². The van der Waals surface area contributed by atoms with Crippen molar-refractivity contribution < 1.29 is 4.79 Å². The van der Waals surface area contributed by atoms with Crippen LogP contribution in [0.1, 0.15) is 19.4 Å². The predicted octanol–water partition coefficient (Wildman–Crippen LogP) is 2.17. The maximum Gasteiger partial charge on any atom is 0.239 e. The van der Waals surface area contributed by atoms with Gasteiger partial charge >= 0.3 is 0 Å². The number of nitrogens with zero attached hydrogens (tertiary/aromatic N) is 2. The Morgan fingerprint density at radius 1 is 1.50 bits per heavy atom. The summed E-state index contributed by atoms with van der Waals surface area (Å²) in [5.74, 6) is -0.0279. The highest BCUT2D eigenvalue weighted by Gasteiger charge is 2.10. The Morgan fingerprint density at radius 3 is 2.72 bits per heavy atom. The van der Waals surface area contributed by atoms with Crippen LogP contribution in [0.15, 0.2) is 18.2 Å². The van der Waals surface area contributed by atoms with Gasteiger partial charge in [-0.3, -0.25) is 4.79 Å². The lowest BCUT2D eigenvalue weighted by Gasteiger charge is -2.22. The smallest absolute Gasteiger partial charge is 0.239 e. The van der Waals surface area contributed by atoms with Crippen molar-refractivity contribution in [1.82, 2.24) is 5.32 Å². The molecule has 0 aliphatic carbocycles. The zero-order chi connectivity index (χ0) is 13.5. The number of halogens is 1. The van der Waals surface area contributed by atoms with Crippen LogP contribution in [0.25, 0.3) is 0 Å². The van der Waals surface area contributed by atoms with Gasteiger partial charge in [-0.1, -0.05) is 11.6 Å². The van der Waals surface area contributed by atoms with Crippen LogP contribution in [0, 0.1) is 11.3 Å². The van der Waals surface area contributed by atoms with Crippen molar-refractivity contribution in [3.8, 4) is 6.07 Å². The van der Waals surface area contributed by atoms with Gasteiger partial charge in [0.2, 0.25) is 5.91 Å². The minimum absolute atomic E-state index is 0.0279. The van der Waals surface area contributed by atoms with Crippen molar-refractivity contribution in [3.63, 3.8) is 0 Å². The zero-order valence-corrected chi connectivity index (χ0v) is 11.3. The average Bonchev–Trinajstić information content (AvgIpc) is 2.36. The molecular formula is C13H16ClN3O. The van der Waals surface area contributed by atoms with Gasteiger partial charge in [-0.15, -0.1) is 0 Å². The topological polar surface area (TPSA) is 56.1 Å².